The van der Waals surface area contributed by atoms with Gasteiger partial charge >= 0.3 is 0 Å². The molecule has 1 atom stereocenters. The lowest BCUT2D eigenvalue weighted by atomic mass is 9.55. The van der Waals surface area contributed by atoms with Gasteiger partial charge in [0.2, 0.25) is 0 Å². The van der Waals surface area contributed by atoms with Crippen LogP contribution < -0.4 is 0 Å². The van der Waals surface area contributed by atoms with Crippen LogP contribution in [-0.2, 0) is 40.9 Å². The smallest absolute Gasteiger partial charge is 0.119 e. The van der Waals surface area contributed by atoms with Crippen molar-refractivity contribution in [3.05, 3.63) is 475 Å². The van der Waals surface area contributed by atoms with Gasteiger partial charge in [0.15, 0.2) is 0 Å². The lowest BCUT2D eigenvalue weighted by Gasteiger charge is -2.48. The largest absolute Gasteiger partial charge is 0.508 e. The second-order valence-corrected chi connectivity index (χ2v) is 38.8. The molecule has 712 valence electrons. The number of benzene rings is 16. The van der Waals surface area contributed by atoms with Crippen molar-refractivity contribution < 1.29 is 71.5 Å². The Bertz CT molecular complexity index is 6450. The van der Waals surface area contributed by atoms with E-state index < -0.39 is 5.41 Å². The Labute approximate surface area is 817 Å². The lowest BCUT2D eigenvalue weighted by molar-refractivity contribution is 0.127. The molecule has 14 heteroatoms. The molecule has 4 aliphatic carbocycles. The number of hydrogen-bond donors (Lipinski definition) is 14. The van der Waals surface area contributed by atoms with E-state index in [0.717, 1.165) is 118 Å². The van der Waals surface area contributed by atoms with Crippen LogP contribution in [0.15, 0.2) is 364 Å². The minimum absolute atomic E-state index is 0.00910. The van der Waals surface area contributed by atoms with Crippen molar-refractivity contribution in [2.75, 3.05) is 0 Å². The maximum Gasteiger partial charge on any atom is 0.119 e. The molecule has 1 unspecified atom stereocenters. The lowest BCUT2D eigenvalue weighted by Crippen LogP contribution is -2.41. The van der Waals surface area contributed by atoms with Gasteiger partial charge in [0.05, 0.1) is 5.41 Å². The van der Waals surface area contributed by atoms with Crippen LogP contribution >= 0.6 is 0 Å². The predicted octanol–water partition coefficient (Wildman–Crippen LogP) is 28.7. The second kappa shape index (κ2) is 44.7. The third kappa shape index (κ3) is 24.2. The van der Waals surface area contributed by atoms with Crippen molar-refractivity contribution in [1.29, 1.82) is 0 Å². The minimum Gasteiger partial charge on any atom is -0.508 e. The average molecular weight is 1850 g/mol. The van der Waals surface area contributed by atoms with E-state index in [4.69, 9.17) is 20.4 Å². The molecule has 0 spiro atoms. The molecule has 0 radical (unpaired) electrons. The summed E-state index contributed by atoms with van der Waals surface area (Å²) in [4.78, 5) is 0. The Hall–Kier alpha value is -15.3. The molecule has 16 aromatic carbocycles. The molecule has 0 heterocycles. The molecule has 0 bridgehead atoms. The molecule has 3 saturated carbocycles. The highest BCUT2D eigenvalue weighted by atomic mass is 16.3. The Balaban J connectivity index is 0.000000131. The zero-order valence-corrected chi connectivity index (χ0v) is 80.3. The predicted molar refractivity (Wildman–Crippen MR) is 557 cm³/mol. The van der Waals surface area contributed by atoms with Crippen molar-refractivity contribution in [3.63, 3.8) is 0 Å². The molecule has 4 aliphatic rings. The van der Waals surface area contributed by atoms with E-state index in [9.17, 15) is 51.1 Å². The highest BCUT2D eigenvalue weighted by Crippen LogP contribution is 2.58. The standard InChI is InChI=1S/C27H22O2.C21H26O2.C20H24O2.C18H20O2.3C13H12O2/c1-17-15-19(11-13-25(17)28)27(20-12-14-26(29)18(2)16-20)23-9-5-3-7-21(23)22-8-4-6-10-24(22)27;1-15-12-20(2,3)14-21(13-15,16-4-8-18(22)9-5-16)17-6-10-19(23)11-7-17;1-14-12-16(6-8-18(14)21)20(10-4-3-5-11-20)17-7-9-19(22)15(2)13-17;19-16-8-4-14(5-9-16)18(12-2-1-3-13-18)15-6-10-17(20)11-7-15;14-12-5-1-10(2-6-12)9-11-3-7-13(15)8-4-11;14-12-6-4-10(5-7-12)8-11-2-1-3-13(15)9-11;14-12-7-5-10(6-8-12)9-11-3-1-2-4-13(11)15/h3-16,28-29H,1-2H3;4-11,15,22-23H,12-14H2,1-3H3;6-9,12-13,21-22H,3-5,10-11H2,1-2H3;4-11,19-20H,1-3,12-13H2;1-8,14-15H,9H2;1-7,9,14-15H,8H2;1-8,14-15H,9H2. The maximum atomic E-state index is 10.2. The Kier molecular flexibility index (Phi) is 32.0. The van der Waals surface area contributed by atoms with E-state index in [1.165, 1.54) is 101 Å². The third-order valence-electron chi connectivity index (χ3n) is 28.0. The molecule has 0 aliphatic heterocycles. The van der Waals surface area contributed by atoms with Gasteiger partial charge in [0.1, 0.15) is 80.5 Å². The number of phenols is 14. The van der Waals surface area contributed by atoms with Crippen LogP contribution in [0.25, 0.3) is 11.1 Å². The van der Waals surface area contributed by atoms with E-state index in [0.29, 0.717) is 64.1 Å². The molecule has 0 amide bonds. The minimum atomic E-state index is -0.510. The molecule has 16 aromatic rings. The Morgan fingerprint density at radius 1 is 0.230 bits per heavy atom. The first-order chi connectivity index (χ1) is 66.8. The number of aryl methyl sites for hydroxylation is 4. The van der Waals surface area contributed by atoms with Crippen molar-refractivity contribution in [2.45, 2.75) is 173 Å². The first kappa shape index (κ1) is 99.7. The maximum absolute atomic E-state index is 10.2. The molecule has 0 saturated heterocycles. The molecule has 14 N–H and O–H groups in total. The summed E-state index contributed by atoms with van der Waals surface area (Å²) in [6.45, 7) is 14.8. The van der Waals surface area contributed by atoms with Crippen molar-refractivity contribution in [3.8, 4) is 91.6 Å². The van der Waals surface area contributed by atoms with E-state index in [1.807, 2.05) is 149 Å². The molecule has 14 nitrogen and oxygen atoms in total. The summed E-state index contributed by atoms with van der Waals surface area (Å²) in [5.74, 6) is 4.85. The van der Waals surface area contributed by atoms with Gasteiger partial charge in [-0.3, -0.25) is 0 Å². The molecular weight excluding hydrogens is 1730 g/mol. The Morgan fingerprint density at radius 3 is 0.856 bits per heavy atom. The van der Waals surface area contributed by atoms with Gasteiger partial charge in [-0.05, 0) is 359 Å². The van der Waals surface area contributed by atoms with Crippen molar-refractivity contribution >= 4 is 0 Å². The quantitative estimate of drug-likeness (QED) is 0.0482. The van der Waals surface area contributed by atoms with Gasteiger partial charge in [-0.15, -0.1) is 0 Å². The summed E-state index contributed by atoms with van der Waals surface area (Å²) in [5.41, 5.74) is 24.4. The molecule has 3 fully saturated rings. The summed E-state index contributed by atoms with van der Waals surface area (Å²) < 4.78 is 0. The van der Waals surface area contributed by atoms with Gasteiger partial charge < -0.3 is 71.5 Å². The number of hydrogen-bond acceptors (Lipinski definition) is 14. The van der Waals surface area contributed by atoms with Gasteiger partial charge in [0.25, 0.3) is 0 Å². The number of phenolic OH excluding ortho intramolecular Hbond substituents is 14. The first-order valence-electron chi connectivity index (χ1n) is 48.1. The van der Waals surface area contributed by atoms with Crippen LogP contribution in [0.3, 0.4) is 0 Å². The second-order valence-electron chi connectivity index (χ2n) is 38.8. The van der Waals surface area contributed by atoms with Crippen LogP contribution in [0.1, 0.15) is 216 Å². The number of fused-ring (bicyclic) bond motifs is 3. The van der Waals surface area contributed by atoms with Crippen LogP contribution in [0.2, 0.25) is 0 Å². The number of para-hydroxylation sites is 1. The summed E-state index contributed by atoms with van der Waals surface area (Å²) >= 11 is 0. The topological polar surface area (TPSA) is 283 Å². The highest BCUT2D eigenvalue weighted by Gasteiger charge is 2.48. The van der Waals surface area contributed by atoms with Crippen LogP contribution in [0.4, 0.5) is 0 Å². The summed E-state index contributed by atoms with van der Waals surface area (Å²) in [5, 5.41) is 134. The van der Waals surface area contributed by atoms with Gasteiger partial charge in [-0.2, -0.15) is 0 Å². The number of aromatic hydroxyl groups is 14. The summed E-state index contributed by atoms with van der Waals surface area (Å²) in [6, 6.07) is 114. The first-order valence-corrected chi connectivity index (χ1v) is 48.1. The molecular formula is C125H128O14. The molecule has 20 rings (SSSR count). The van der Waals surface area contributed by atoms with Crippen molar-refractivity contribution in [2.24, 2.45) is 11.3 Å². The Morgan fingerprint density at radius 2 is 0.518 bits per heavy atom. The van der Waals surface area contributed by atoms with E-state index in [-0.39, 0.29) is 50.4 Å². The van der Waals surface area contributed by atoms with Crippen LogP contribution in [-0.4, -0.2) is 71.5 Å². The summed E-state index contributed by atoms with van der Waals surface area (Å²) in [6.07, 6.45) is 17.6. The monoisotopic (exact) mass is 1850 g/mol. The fourth-order valence-corrected chi connectivity index (χ4v) is 21.3. The summed E-state index contributed by atoms with van der Waals surface area (Å²) in [7, 11) is 0. The van der Waals surface area contributed by atoms with Gasteiger partial charge in [-0.25, -0.2) is 0 Å². The zero-order valence-electron chi connectivity index (χ0n) is 80.3. The SMILES string of the molecule is CC1CC(C)(C)CC(c2ccc(O)cc2)(c2ccc(O)cc2)C1.Cc1cc(C2(c3ccc(O)c(C)c3)CCCCC2)ccc1O.Cc1cc(C2(c3ccc(O)c(C)c3)c3ccccc3-c3ccccc32)ccc1O.Oc1ccc(C2(c3ccc(O)cc3)CCCCC2)cc1.Oc1ccc(Cc2ccc(O)cc2)cc1.Oc1ccc(Cc2cccc(O)c2)cc1.Oc1ccc(Cc2ccccc2O)cc1. The van der Waals surface area contributed by atoms with E-state index in [1.54, 1.807) is 133 Å². The highest BCUT2D eigenvalue weighted by molar-refractivity contribution is 5.86. The van der Waals surface area contributed by atoms with Crippen LogP contribution in [0.5, 0.6) is 80.5 Å². The molecule has 0 aromatic heterocycles. The fraction of sp³-hybridized carbons (Fsp3) is 0.232. The number of rotatable bonds is 14. The molecule has 139 heavy (non-hydrogen) atoms. The van der Waals surface area contributed by atoms with E-state index in [2.05, 4.69) is 130 Å². The van der Waals surface area contributed by atoms with Crippen molar-refractivity contribution in [1.82, 2.24) is 0 Å². The van der Waals surface area contributed by atoms with E-state index >= 15 is 0 Å². The average Bonchev–Trinajstić information content (AvgIpc) is 1.54. The third-order valence-corrected chi connectivity index (χ3v) is 28.0. The fourth-order valence-electron chi connectivity index (χ4n) is 21.3. The van der Waals surface area contributed by atoms with Gasteiger partial charge in [0, 0.05) is 22.7 Å². The normalized spacial score (nSPS) is 15.2. The van der Waals surface area contributed by atoms with Crippen LogP contribution in [0, 0.1) is 39.0 Å². The zero-order chi connectivity index (χ0) is 98.6. The van der Waals surface area contributed by atoms with Gasteiger partial charge in [-0.1, -0.05) is 284 Å².